The molecule has 0 radical (unpaired) electrons. The molecule has 0 fully saturated rings. The first kappa shape index (κ1) is 12.6. The maximum atomic E-state index is 11.2. The zero-order valence-electron chi connectivity index (χ0n) is 8.45. The molecule has 0 unspecified atom stereocenters. The van der Waals surface area contributed by atoms with Gasteiger partial charge in [-0.1, -0.05) is 4.73 Å². The minimum atomic E-state index is -4.11. The molecule has 9 heteroatoms. The highest BCUT2D eigenvalue weighted by atomic mass is 32.2. The van der Waals surface area contributed by atoms with Gasteiger partial charge in [0.1, 0.15) is 0 Å². The van der Waals surface area contributed by atoms with Gasteiger partial charge in [0, 0.05) is 25.8 Å². The van der Waals surface area contributed by atoms with Crippen molar-refractivity contribution in [2.24, 2.45) is 0 Å². The zero-order valence-corrected chi connectivity index (χ0v) is 9.27. The molecule has 1 aromatic heterocycles. The van der Waals surface area contributed by atoms with E-state index in [0.29, 0.717) is 4.73 Å². The Hall–Kier alpha value is -1.45. The zero-order chi connectivity index (χ0) is 12.2. The number of hydrogen-bond donors (Lipinski definition) is 3. The Morgan fingerprint density at radius 3 is 2.44 bits per heavy atom. The van der Waals surface area contributed by atoms with Gasteiger partial charge < -0.3 is 14.9 Å². The molecule has 92 valence electrons. The van der Waals surface area contributed by atoms with E-state index in [2.05, 4.69) is 9.02 Å². The van der Waals surface area contributed by atoms with Crippen LogP contribution in [0.5, 0.6) is 11.8 Å². The number of ether oxygens (including phenoxy) is 1. The first-order valence-corrected chi connectivity index (χ1v) is 5.65. The summed E-state index contributed by atoms with van der Waals surface area (Å²) < 4.78 is 33.9. The number of rotatable bonds is 6. The minimum absolute atomic E-state index is 0.0155. The third kappa shape index (κ3) is 3.29. The van der Waals surface area contributed by atoms with Gasteiger partial charge >= 0.3 is 10.3 Å². The van der Waals surface area contributed by atoms with E-state index < -0.39 is 22.1 Å². The van der Waals surface area contributed by atoms with Crippen LogP contribution >= 0.6 is 0 Å². The number of nitrogens with one attached hydrogen (secondary N) is 1. The maximum Gasteiger partial charge on any atom is 0.401 e. The standard InChI is InChI=1S/C7H12N2O6S/c1-14-5-4-8-16(12,13)15-9-6(10)2-3-7(9)11/h2-3,8,10-11H,4-5H2,1H3. The van der Waals surface area contributed by atoms with Crippen molar-refractivity contribution in [1.82, 2.24) is 9.45 Å². The van der Waals surface area contributed by atoms with Crippen molar-refractivity contribution in [2.75, 3.05) is 20.3 Å². The number of methoxy groups -OCH3 is 1. The lowest BCUT2D eigenvalue weighted by molar-refractivity contribution is 0.190. The Balaban J connectivity index is 2.66. The van der Waals surface area contributed by atoms with E-state index >= 15 is 0 Å². The molecule has 16 heavy (non-hydrogen) atoms. The van der Waals surface area contributed by atoms with Crippen LogP contribution in [0.25, 0.3) is 0 Å². The molecule has 1 rings (SSSR count). The molecule has 0 aliphatic carbocycles. The number of nitrogens with zero attached hydrogens (tertiary/aromatic N) is 1. The van der Waals surface area contributed by atoms with Crippen LogP contribution in [0.1, 0.15) is 0 Å². The highest BCUT2D eigenvalue weighted by Gasteiger charge is 2.16. The predicted molar refractivity (Wildman–Crippen MR) is 53.1 cm³/mol. The van der Waals surface area contributed by atoms with Crippen LogP contribution < -0.4 is 9.01 Å². The van der Waals surface area contributed by atoms with Gasteiger partial charge in [0.05, 0.1) is 6.61 Å². The Kier molecular flexibility index (Phi) is 3.99. The highest BCUT2D eigenvalue weighted by molar-refractivity contribution is 7.84. The van der Waals surface area contributed by atoms with E-state index in [9.17, 15) is 8.42 Å². The summed E-state index contributed by atoms with van der Waals surface area (Å²) in [4.78, 5) is 0. The number of aromatic hydroxyl groups is 2. The van der Waals surface area contributed by atoms with Crippen LogP contribution in [0.4, 0.5) is 0 Å². The van der Waals surface area contributed by atoms with E-state index in [0.717, 1.165) is 12.1 Å². The molecule has 0 amide bonds. The lowest BCUT2D eigenvalue weighted by Crippen LogP contribution is -2.34. The largest absolute Gasteiger partial charge is 0.492 e. The molecule has 3 N–H and O–H groups in total. The minimum Gasteiger partial charge on any atom is -0.492 e. The lowest BCUT2D eigenvalue weighted by atomic mass is 10.6. The fraction of sp³-hybridized carbons (Fsp3) is 0.429. The summed E-state index contributed by atoms with van der Waals surface area (Å²) in [6.45, 7) is 0.188. The maximum absolute atomic E-state index is 11.2. The SMILES string of the molecule is COCCNS(=O)(=O)On1c(O)ccc1O. The third-order valence-electron chi connectivity index (χ3n) is 1.56. The average Bonchev–Trinajstić information content (AvgIpc) is 2.49. The normalized spacial score (nSPS) is 11.6. The summed E-state index contributed by atoms with van der Waals surface area (Å²) in [5.74, 6) is -1.07. The number of hydrogen-bond acceptors (Lipinski definition) is 6. The van der Waals surface area contributed by atoms with E-state index in [-0.39, 0.29) is 13.2 Å². The van der Waals surface area contributed by atoms with Crippen LogP contribution in [-0.4, -0.2) is 43.6 Å². The molecular formula is C7H12N2O6S. The smallest absolute Gasteiger partial charge is 0.401 e. The summed E-state index contributed by atoms with van der Waals surface area (Å²) in [7, 11) is -2.69. The second-order valence-electron chi connectivity index (χ2n) is 2.76. The fourth-order valence-corrected chi connectivity index (χ4v) is 1.61. The highest BCUT2D eigenvalue weighted by Crippen LogP contribution is 2.19. The molecule has 0 aromatic carbocycles. The molecule has 0 bridgehead atoms. The van der Waals surface area contributed by atoms with E-state index in [1.54, 1.807) is 0 Å². The summed E-state index contributed by atoms with van der Waals surface area (Å²) in [5, 5.41) is 18.3. The van der Waals surface area contributed by atoms with Crippen molar-refractivity contribution < 1.29 is 27.7 Å². The first-order chi connectivity index (χ1) is 7.46. The topological polar surface area (TPSA) is 110 Å². The fourth-order valence-electron chi connectivity index (χ4n) is 0.871. The average molecular weight is 252 g/mol. The van der Waals surface area contributed by atoms with E-state index in [1.165, 1.54) is 7.11 Å². The van der Waals surface area contributed by atoms with Crippen LogP contribution in [0, 0.1) is 0 Å². The van der Waals surface area contributed by atoms with Crippen LogP contribution in [-0.2, 0) is 15.0 Å². The second kappa shape index (κ2) is 5.05. The quantitative estimate of drug-likeness (QED) is 0.549. The second-order valence-corrected chi connectivity index (χ2v) is 4.11. The van der Waals surface area contributed by atoms with Crippen molar-refractivity contribution in [3.05, 3.63) is 12.1 Å². The summed E-state index contributed by atoms with van der Waals surface area (Å²) in [6, 6.07) is 2.17. The van der Waals surface area contributed by atoms with Crippen molar-refractivity contribution in [3.63, 3.8) is 0 Å². The summed E-state index contributed by atoms with van der Waals surface area (Å²) >= 11 is 0. The molecular weight excluding hydrogens is 240 g/mol. The van der Waals surface area contributed by atoms with Gasteiger partial charge in [-0.3, -0.25) is 4.28 Å². The van der Waals surface area contributed by atoms with Gasteiger partial charge in [-0.15, -0.1) is 0 Å². The van der Waals surface area contributed by atoms with E-state index in [4.69, 9.17) is 10.2 Å². The van der Waals surface area contributed by atoms with Gasteiger partial charge in [-0.25, -0.2) is 0 Å². The molecule has 0 saturated heterocycles. The first-order valence-electron chi connectivity index (χ1n) is 4.24. The monoisotopic (exact) mass is 252 g/mol. The van der Waals surface area contributed by atoms with Crippen molar-refractivity contribution >= 4 is 10.3 Å². The molecule has 0 aliphatic heterocycles. The van der Waals surface area contributed by atoms with Gasteiger partial charge in [-0.05, 0) is 0 Å². The predicted octanol–water partition coefficient (Wildman–Crippen LogP) is -1.19. The summed E-state index contributed by atoms with van der Waals surface area (Å²) in [6.07, 6.45) is 0. The Morgan fingerprint density at radius 2 is 1.94 bits per heavy atom. The number of aromatic nitrogens is 1. The summed E-state index contributed by atoms with van der Waals surface area (Å²) in [5.41, 5.74) is 0. The van der Waals surface area contributed by atoms with Gasteiger partial charge in [0.2, 0.25) is 11.8 Å². The molecule has 8 nitrogen and oxygen atoms in total. The molecule has 0 saturated carbocycles. The lowest BCUT2D eigenvalue weighted by Gasteiger charge is -2.09. The van der Waals surface area contributed by atoms with Gasteiger partial charge in [0.15, 0.2) is 0 Å². The van der Waals surface area contributed by atoms with Crippen molar-refractivity contribution in [2.45, 2.75) is 0 Å². The van der Waals surface area contributed by atoms with Gasteiger partial charge in [-0.2, -0.15) is 13.1 Å². The van der Waals surface area contributed by atoms with Crippen LogP contribution in [0.2, 0.25) is 0 Å². The van der Waals surface area contributed by atoms with Crippen LogP contribution in [0.3, 0.4) is 0 Å². The Bertz CT molecular complexity index is 420. The molecule has 1 heterocycles. The third-order valence-corrected chi connectivity index (χ3v) is 2.46. The molecule has 0 aliphatic rings. The van der Waals surface area contributed by atoms with Crippen molar-refractivity contribution in [1.29, 1.82) is 0 Å². The Labute approximate surface area is 92.2 Å². The molecule has 1 aromatic rings. The molecule has 0 spiro atoms. The van der Waals surface area contributed by atoms with Crippen LogP contribution in [0.15, 0.2) is 12.1 Å². The van der Waals surface area contributed by atoms with Gasteiger partial charge in [0.25, 0.3) is 0 Å². The van der Waals surface area contributed by atoms with Crippen molar-refractivity contribution in [3.8, 4) is 11.8 Å². The Morgan fingerprint density at radius 1 is 1.38 bits per heavy atom. The van der Waals surface area contributed by atoms with E-state index in [1.807, 2.05) is 4.72 Å². The molecule has 0 atom stereocenters.